The number of amides is 1. The Morgan fingerprint density at radius 1 is 1.07 bits per heavy atom. The number of aliphatic carboxylic acids is 1. The van der Waals surface area contributed by atoms with Crippen LogP contribution in [0.2, 0.25) is 0 Å². The number of alkyl halides is 3. The van der Waals surface area contributed by atoms with Crippen molar-refractivity contribution in [1.29, 1.82) is 0 Å². The van der Waals surface area contributed by atoms with Gasteiger partial charge in [-0.1, -0.05) is 48.5 Å². The summed E-state index contributed by atoms with van der Waals surface area (Å²) in [6.45, 7) is -0.106. The van der Waals surface area contributed by atoms with Crippen LogP contribution < -0.4 is 5.32 Å². The van der Waals surface area contributed by atoms with Gasteiger partial charge < -0.3 is 15.2 Å². The van der Waals surface area contributed by atoms with Gasteiger partial charge in [0, 0.05) is 5.92 Å². The van der Waals surface area contributed by atoms with Crippen LogP contribution in [0.1, 0.15) is 29.9 Å². The Hall–Kier alpha value is -3.03. The molecule has 29 heavy (non-hydrogen) atoms. The zero-order valence-electron chi connectivity index (χ0n) is 15.2. The molecular weight excluding hydrogens is 387 g/mol. The molecule has 1 amide bonds. The molecule has 2 aliphatic rings. The second kappa shape index (κ2) is 6.79. The quantitative estimate of drug-likeness (QED) is 0.777. The minimum absolute atomic E-state index is 0.106. The van der Waals surface area contributed by atoms with Gasteiger partial charge in [-0.25, -0.2) is 9.59 Å². The SMILES string of the molecule is O=C(NC(C(=O)O)C1(C(F)(F)F)CC1)OCC1c2ccccc2-c2ccccc21. The van der Waals surface area contributed by atoms with E-state index in [1.54, 1.807) is 0 Å². The highest BCUT2D eigenvalue weighted by molar-refractivity contribution is 5.82. The Labute approximate surface area is 164 Å². The van der Waals surface area contributed by atoms with E-state index in [1.165, 1.54) is 0 Å². The summed E-state index contributed by atoms with van der Waals surface area (Å²) >= 11 is 0. The topological polar surface area (TPSA) is 75.6 Å². The van der Waals surface area contributed by atoms with Crippen molar-refractivity contribution in [3.8, 4) is 11.1 Å². The molecule has 1 atom stereocenters. The molecule has 0 bridgehead atoms. The Kier molecular flexibility index (Phi) is 4.52. The lowest BCUT2D eigenvalue weighted by molar-refractivity contribution is -0.200. The minimum Gasteiger partial charge on any atom is -0.480 e. The third kappa shape index (κ3) is 3.22. The number of carboxylic acid groups (broad SMARTS) is 1. The Balaban J connectivity index is 1.48. The summed E-state index contributed by atoms with van der Waals surface area (Å²) in [6.07, 6.45) is -6.56. The van der Waals surface area contributed by atoms with Crippen molar-refractivity contribution in [2.24, 2.45) is 5.41 Å². The van der Waals surface area contributed by atoms with Gasteiger partial charge in [-0.3, -0.25) is 0 Å². The van der Waals surface area contributed by atoms with Gasteiger partial charge in [0.2, 0.25) is 0 Å². The number of carbonyl (C=O) groups is 2. The molecule has 0 heterocycles. The second-order valence-electron chi connectivity index (χ2n) is 7.40. The number of alkyl carbamates (subject to hydrolysis) is 1. The first-order valence-electron chi connectivity index (χ1n) is 9.16. The van der Waals surface area contributed by atoms with E-state index in [-0.39, 0.29) is 25.4 Å². The molecule has 8 heteroatoms. The molecule has 0 radical (unpaired) electrons. The molecule has 4 rings (SSSR count). The van der Waals surface area contributed by atoms with Crippen LogP contribution in [-0.2, 0) is 9.53 Å². The minimum atomic E-state index is -4.72. The normalized spacial score (nSPS) is 17.8. The molecule has 152 valence electrons. The standard InChI is InChI=1S/C21H18F3NO4/c22-21(23,24)20(9-10-20)17(18(26)27)25-19(28)29-11-16-14-7-3-1-5-12(14)13-6-2-4-8-15(13)16/h1-8,16-17H,9-11H2,(H,25,28)(H,26,27). The smallest absolute Gasteiger partial charge is 0.407 e. The first-order chi connectivity index (χ1) is 13.7. The number of carboxylic acids is 1. The van der Waals surface area contributed by atoms with E-state index >= 15 is 0 Å². The van der Waals surface area contributed by atoms with Gasteiger partial charge in [0.1, 0.15) is 12.6 Å². The predicted octanol–water partition coefficient (Wildman–Crippen LogP) is 4.32. The first kappa shape index (κ1) is 19.3. The van der Waals surface area contributed by atoms with E-state index in [9.17, 15) is 27.9 Å². The summed E-state index contributed by atoms with van der Waals surface area (Å²) in [7, 11) is 0. The van der Waals surface area contributed by atoms with Gasteiger partial charge in [0.05, 0.1) is 5.41 Å². The first-order valence-corrected chi connectivity index (χ1v) is 9.16. The average Bonchev–Trinajstić information content (AvgIpc) is 3.43. The van der Waals surface area contributed by atoms with E-state index in [1.807, 2.05) is 53.8 Å². The van der Waals surface area contributed by atoms with Gasteiger partial charge in [0.15, 0.2) is 0 Å². The summed E-state index contributed by atoms with van der Waals surface area (Å²) in [5, 5.41) is 11.1. The lowest BCUT2D eigenvalue weighted by Gasteiger charge is -2.26. The molecule has 5 nitrogen and oxygen atoms in total. The molecule has 2 aliphatic carbocycles. The summed E-state index contributed by atoms with van der Waals surface area (Å²) in [6, 6.07) is 13.2. The average molecular weight is 405 g/mol. The molecule has 0 aromatic heterocycles. The fourth-order valence-electron chi connectivity index (χ4n) is 4.06. The number of rotatable bonds is 5. The molecule has 1 saturated carbocycles. The number of halogens is 3. The van der Waals surface area contributed by atoms with E-state index < -0.39 is 29.7 Å². The van der Waals surface area contributed by atoms with E-state index in [2.05, 4.69) is 0 Å². The molecule has 0 saturated heterocycles. The van der Waals surface area contributed by atoms with Crippen LogP contribution in [0, 0.1) is 5.41 Å². The summed E-state index contributed by atoms with van der Waals surface area (Å²) < 4.78 is 45.0. The monoisotopic (exact) mass is 405 g/mol. The van der Waals surface area contributed by atoms with Crippen molar-refractivity contribution >= 4 is 12.1 Å². The highest BCUT2D eigenvalue weighted by Crippen LogP contribution is 2.60. The molecule has 2 aromatic rings. The zero-order chi connectivity index (χ0) is 20.8. The number of carbonyl (C=O) groups excluding carboxylic acids is 1. The van der Waals surface area contributed by atoms with E-state index in [0.29, 0.717) is 0 Å². The lowest BCUT2D eigenvalue weighted by Crippen LogP contribution is -2.52. The third-order valence-corrected chi connectivity index (χ3v) is 5.76. The van der Waals surface area contributed by atoms with Crippen LogP contribution in [0.4, 0.5) is 18.0 Å². The number of hydrogen-bond donors (Lipinski definition) is 2. The largest absolute Gasteiger partial charge is 0.480 e. The van der Waals surface area contributed by atoms with Crippen LogP contribution in [0.3, 0.4) is 0 Å². The maximum Gasteiger partial charge on any atom is 0.407 e. The third-order valence-electron chi connectivity index (χ3n) is 5.76. The lowest BCUT2D eigenvalue weighted by atomic mass is 9.96. The second-order valence-corrected chi connectivity index (χ2v) is 7.40. The fraction of sp³-hybridized carbons (Fsp3) is 0.333. The van der Waals surface area contributed by atoms with E-state index in [0.717, 1.165) is 22.3 Å². The van der Waals surface area contributed by atoms with E-state index in [4.69, 9.17) is 4.74 Å². The molecule has 0 spiro atoms. The number of ether oxygens (including phenoxy) is 1. The van der Waals surface area contributed by atoms with Crippen molar-refractivity contribution in [2.75, 3.05) is 6.61 Å². The van der Waals surface area contributed by atoms with Crippen LogP contribution in [0.25, 0.3) is 11.1 Å². The highest BCUT2D eigenvalue weighted by Gasteiger charge is 2.69. The van der Waals surface area contributed by atoms with Crippen molar-refractivity contribution < 1.29 is 32.6 Å². The van der Waals surface area contributed by atoms with Gasteiger partial charge >= 0.3 is 18.2 Å². The maximum atomic E-state index is 13.3. The van der Waals surface area contributed by atoms with Crippen molar-refractivity contribution in [3.05, 3.63) is 59.7 Å². The Morgan fingerprint density at radius 2 is 1.59 bits per heavy atom. The fourth-order valence-corrected chi connectivity index (χ4v) is 4.06. The Bertz CT molecular complexity index is 923. The van der Waals surface area contributed by atoms with Crippen molar-refractivity contribution in [3.63, 3.8) is 0 Å². The Morgan fingerprint density at radius 3 is 2.03 bits per heavy atom. The molecular formula is C21H18F3NO4. The number of nitrogens with one attached hydrogen (secondary N) is 1. The van der Waals surface area contributed by atoms with Crippen LogP contribution in [0.15, 0.2) is 48.5 Å². The van der Waals surface area contributed by atoms with Gasteiger partial charge in [-0.2, -0.15) is 13.2 Å². The molecule has 0 aliphatic heterocycles. The van der Waals surface area contributed by atoms with Crippen LogP contribution in [-0.4, -0.2) is 36.0 Å². The summed E-state index contributed by atoms with van der Waals surface area (Å²) in [5.74, 6) is -2.00. The number of benzene rings is 2. The van der Waals surface area contributed by atoms with Crippen LogP contribution >= 0.6 is 0 Å². The maximum absolute atomic E-state index is 13.3. The number of hydrogen-bond acceptors (Lipinski definition) is 3. The molecule has 1 unspecified atom stereocenters. The highest BCUT2D eigenvalue weighted by atomic mass is 19.4. The molecule has 2 N–H and O–H groups in total. The zero-order valence-corrected chi connectivity index (χ0v) is 15.2. The molecule has 1 fully saturated rings. The molecule has 2 aromatic carbocycles. The summed E-state index contributed by atoms with van der Waals surface area (Å²) in [5.41, 5.74) is 1.49. The van der Waals surface area contributed by atoms with Gasteiger partial charge in [0.25, 0.3) is 0 Å². The summed E-state index contributed by atoms with van der Waals surface area (Å²) in [4.78, 5) is 23.6. The van der Waals surface area contributed by atoms with Crippen molar-refractivity contribution in [2.45, 2.75) is 31.0 Å². The van der Waals surface area contributed by atoms with Crippen LogP contribution in [0.5, 0.6) is 0 Å². The van der Waals surface area contributed by atoms with Crippen molar-refractivity contribution in [1.82, 2.24) is 5.32 Å². The van der Waals surface area contributed by atoms with Gasteiger partial charge in [-0.05, 0) is 35.1 Å². The number of fused-ring (bicyclic) bond motifs is 3. The predicted molar refractivity (Wildman–Crippen MR) is 97.4 cm³/mol. The van der Waals surface area contributed by atoms with Gasteiger partial charge in [-0.15, -0.1) is 0 Å².